The number of benzene rings is 2. The highest BCUT2D eigenvalue weighted by molar-refractivity contribution is 6.00. The molecule has 3 amide bonds. The van der Waals surface area contributed by atoms with E-state index in [4.69, 9.17) is 14.6 Å². The van der Waals surface area contributed by atoms with Crippen LogP contribution in [0, 0.1) is 5.82 Å². The molecule has 11 heteroatoms. The number of aromatic carboxylic acids is 1. The summed E-state index contributed by atoms with van der Waals surface area (Å²) in [5, 5.41) is 14.1. The van der Waals surface area contributed by atoms with E-state index in [1.165, 1.54) is 43.6 Å². The van der Waals surface area contributed by atoms with Crippen LogP contribution in [0.15, 0.2) is 60.8 Å². The number of pyridine rings is 1. The molecule has 1 saturated heterocycles. The van der Waals surface area contributed by atoms with Gasteiger partial charge >= 0.3 is 12.0 Å². The van der Waals surface area contributed by atoms with E-state index in [0.717, 1.165) is 12.8 Å². The maximum atomic E-state index is 13.8. The van der Waals surface area contributed by atoms with Gasteiger partial charge in [-0.15, -0.1) is 0 Å². The molecule has 1 aliphatic rings. The van der Waals surface area contributed by atoms with Gasteiger partial charge in [-0.25, -0.2) is 19.0 Å². The van der Waals surface area contributed by atoms with Crippen molar-refractivity contribution in [3.05, 3.63) is 77.7 Å². The lowest BCUT2D eigenvalue weighted by molar-refractivity contribution is -0.131. The molecule has 0 aliphatic carbocycles. The third-order valence-electron chi connectivity index (χ3n) is 6.10. The van der Waals surface area contributed by atoms with Crippen LogP contribution in [0.25, 0.3) is 0 Å². The van der Waals surface area contributed by atoms with Crippen LogP contribution < -0.4 is 20.1 Å². The molecule has 0 unspecified atom stereocenters. The number of carboxylic acid groups (broad SMARTS) is 1. The third-order valence-corrected chi connectivity index (χ3v) is 6.10. The zero-order valence-corrected chi connectivity index (χ0v) is 20.6. The summed E-state index contributed by atoms with van der Waals surface area (Å²) in [6.07, 6.45) is 2.97. The first-order valence-corrected chi connectivity index (χ1v) is 11.9. The molecular weight excluding hydrogens is 495 g/mol. The molecule has 1 aromatic heterocycles. The predicted molar refractivity (Wildman–Crippen MR) is 137 cm³/mol. The van der Waals surface area contributed by atoms with E-state index in [9.17, 15) is 18.8 Å². The number of para-hydroxylation sites is 1. The summed E-state index contributed by atoms with van der Waals surface area (Å²) in [5.74, 6) is -1.05. The van der Waals surface area contributed by atoms with Crippen molar-refractivity contribution < 1.29 is 33.4 Å². The van der Waals surface area contributed by atoms with Gasteiger partial charge in [-0.2, -0.15) is 0 Å². The van der Waals surface area contributed by atoms with Crippen LogP contribution in [0.2, 0.25) is 0 Å². The number of likely N-dealkylation sites (tertiary alicyclic amines) is 1. The van der Waals surface area contributed by atoms with E-state index in [1.54, 1.807) is 29.2 Å². The lowest BCUT2D eigenvalue weighted by Gasteiger charge is -2.25. The second kappa shape index (κ2) is 12.0. The van der Waals surface area contributed by atoms with Crippen molar-refractivity contribution in [1.82, 2.24) is 9.88 Å². The maximum Gasteiger partial charge on any atom is 0.337 e. The average molecular weight is 523 g/mol. The highest BCUT2D eigenvalue weighted by Crippen LogP contribution is 2.27. The van der Waals surface area contributed by atoms with E-state index in [-0.39, 0.29) is 36.2 Å². The zero-order chi connectivity index (χ0) is 27.1. The van der Waals surface area contributed by atoms with E-state index in [1.807, 2.05) is 0 Å². The van der Waals surface area contributed by atoms with Crippen molar-refractivity contribution in [1.29, 1.82) is 0 Å². The van der Waals surface area contributed by atoms with Crippen LogP contribution in [0.1, 0.15) is 28.8 Å². The van der Waals surface area contributed by atoms with Gasteiger partial charge in [-0.05, 0) is 48.7 Å². The maximum absolute atomic E-state index is 13.8. The molecule has 3 aromatic rings. The average Bonchev–Trinajstić information content (AvgIpc) is 3.39. The fraction of sp³-hybridized carbons (Fsp3) is 0.259. The van der Waals surface area contributed by atoms with Crippen LogP contribution in [0.3, 0.4) is 0 Å². The summed E-state index contributed by atoms with van der Waals surface area (Å²) < 4.78 is 24.9. The number of nitrogens with zero attached hydrogens (tertiary/aromatic N) is 2. The Balaban J connectivity index is 1.34. The summed E-state index contributed by atoms with van der Waals surface area (Å²) in [7, 11) is 1.45. The standard InChI is InChI=1S/C27H27FN4O6/c1-37-23-13-17(8-10-22(23)31-27(36)30-21-7-3-2-6-20(21)28)14-25(33)32-12-4-5-19(32)16-38-24-11-9-18(15-29-24)26(34)35/h2-3,6-11,13,15,19H,4-5,12,14,16H2,1H3,(H,34,35)(H2,30,31,36)/t19-/m0/s1. The molecule has 2 heterocycles. The number of nitrogens with one attached hydrogen (secondary N) is 2. The first-order chi connectivity index (χ1) is 18.3. The molecule has 1 atom stereocenters. The lowest BCUT2D eigenvalue weighted by atomic mass is 10.1. The second-order valence-electron chi connectivity index (χ2n) is 8.65. The van der Waals surface area contributed by atoms with E-state index < -0.39 is 17.8 Å². The molecule has 3 N–H and O–H groups in total. The van der Waals surface area contributed by atoms with Crippen LogP contribution in [0.4, 0.5) is 20.6 Å². The molecular formula is C27H27FN4O6. The van der Waals surface area contributed by atoms with Gasteiger partial charge in [0.2, 0.25) is 11.8 Å². The number of urea groups is 1. The van der Waals surface area contributed by atoms with Crippen molar-refractivity contribution in [2.45, 2.75) is 25.3 Å². The largest absolute Gasteiger partial charge is 0.495 e. The Morgan fingerprint density at radius 3 is 2.61 bits per heavy atom. The summed E-state index contributed by atoms with van der Waals surface area (Å²) in [6.45, 7) is 0.847. The van der Waals surface area contributed by atoms with Crippen LogP contribution >= 0.6 is 0 Å². The molecule has 0 radical (unpaired) electrons. The number of aromatic nitrogens is 1. The second-order valence-corrected chi connectivity index (χ2v) is 8.65. The lowest BCUT2D eigenvalue weighted by Crippen LogP contribution is -2.40. The summed E-state index contributed by atoms with van der Waals surface area (Å²) in [6, 6.07) is 13.0. The molecule has 38 heavy (non-hydrogen) atoms. The van der Waals surface area contributed by atoms with Crippen LogP contribution in [-0.2, 0) is 11.2 Å². The van der Waals surface area contributed by atoms with E-state index in [0.29, 0.717) is 29.4 Å². The normalized spacial score (nSPS) is 14.6. The molecule has 198 valence electrons. The number of methoxy groups -OCH3 is 1. The quantitative estimate of drug-likeness (QED) is 0.384. The Hall–Kier alpha value is -4.67. The first kappa shape index (κ1) is 26.4. The van der Waals surface area contributed by atoms with Crippen molar-refractivity contribution >= 4 is 29.3 Å². The Morgan fingerprint density at radius 2 is 1.89 bits per heavy atom. The van der Waals surface area contributed by atoms with Gasteiger partial charge in [-0.1, -0.05) is 18.2 Å². The van der Waals surface area contributed by atoms with Crippen molar-refractivity contribution in [3.8, 4) is 11.6 Å². The third kappa shape index (κ3) is 6.55. The molecule has 1 aliphatic heterocycles. The predicted octanol–water partition coefficient (Wildman–Crippen LogP) is 4.18. The monoisotopic (exact) mass is 522 g/mol. The number of anilines is 2. The topological polar surface area (TPSA) is 130 Å². The van der Waals surface area contributed by atoms with Gasteiger partial charge in [0.15, 0.2) is 0 Å². The fourth-order valence-corrected chi connectivity index (χ4v) is 4.17. The summed E-state index contributed by atoms with van der Waals surface area (Å²) >= 11 is 0. The van der Waals surface area contributed by atoms with Gasteiger partial charge < -0.3 is 30.1 Å². The molecule has 0 saturated carbocycles. The number of carboxylic acids is 1. The van der Waals surface area contributed by atoms with Crippen molar-refractivity contribution in [2.75, 3.05) is 30.9 Å². The number of amides is 3. The molecule has 0 bridgehead atoms. The SMILES string of the molecule is COc1cc(CC(=O)N2CCC[C@H]2COc2ccc(C(=O)O)cn2)ccc1NC(=O)Nc1ccccc1F. The Morgan fingerprint density at radius 1 is 1.11 bits per heavy atom. The van der Waals surface area contributed by atoms with Gasteiger partial charge in [0, 0.05) is 18.8 Å². The number of hydrogen-bond donors (Lipinski definition) is 3. The van der Waals surface area contributed by atoms with Gasteiger partial charge in [0.25, 0.3) is 0 Å². The van der Waals surface area contributed by atoms with Gasteiger partial charge in [0.1, 0.15) is 18.2 Å². The number of carbonyl (C=O) groups excluding carboxylic acids is 2. The Kier molecular flexibility index (Phi) is 8.37. The minimum atomic E-state index is -1.07. The Bertz CT molecular complexity index is 1320. The van der Waals surface area contributed by atoms with Crippen molar-refractivity contribution in [2.24, 2.45) is 0 Å². The minimum absolute atomic E-state index is 0.0448. The highest BCUT2D eigenvalue weighted by Gasteiger charge is 2.29. The molecule has 1 fully saturated rings. The molecule has 2 aromatic carbocycles. The van der Waals surface area contributed by atoms with Gasteiger partial charge in [-0.3, -0.25) is 4.79 Å². The highest BCUT2D eigenvalue weighted by atomic mass is 19.1. The number of hydrogen-bond acceptors (Lipinski definition) is 6. The Labute approximate surface area is 218 Å². The number of ether oxygens (including phenoxy) is 2. The summed E-state index contributed by atoms with van der Waals surface area (Å²) in [4.78, 5) is 42.2. The molecule has 10 nitrogen and oxygen atoms in total. The zero-order valence-electron chi connectivity index (χ0n) is 20.6. The van der Waals surface area contributed by atoms with Crippen LogP contribution in [0.5, 0.6) is 11.6 Å². The van der Waals surface area contributed by atoms with E-state index in [2.05, 4.69) is 15.6 Å². The summed E-state index contributed by atoms with van der Waals surface area (Å²) in [5.41, 5.74) is 1.18. The molecule has 4 rings (SSSR count). The van der Waals surface area contributed by atoms with Gasteiger partial charge in [0.05, 0.1) is 36.5 Å². The van der Waals surface area contributed by atoms with Crippen molar-refractivity contribution in [3.63, 3.8) is 0 Å². The minimum Gasteiger partial charge on any atom is -0.495 e. The number of halogens is 1. The molecule has 0 spiro atoms. The smallest absolute Gasteiger partial charge is 0.337 e. The number of rotatable bonds is 9. The number of carbonyl (C=O) groups is 3. The fourth-order valence-electron chi connectivity index (χ4n) is 4.17. The van der Waals surface area contributed by atoms with Crippen LogP contribution in [-0.4, -0.2) is 59.2 Å². The van der Waals surface area contributed by atoms with E-state index >= 15 is 0 Å². The first-order valence-electron chi connectivity index (χ1n) is 11.9.